The average molecular weight is 403 g/mol. The summed E-state index contributed by atoms with van der Waals surface area (Å²) < 4.78 is 16.3. The number of anilines is 1. The molecule has 138 valence electrons. The molecule has 0 fully saturated rings. The first kappa shape index (κ1) is 17.6. The van der Waals surface area contributed by atoms with Gasteiger partial charge in [0.05, 0.1) is 6.54 Å². The number of rotatable bonds is 4. The van der Waals surface area contributed by atoms with Crippen molar-refractivity contribution in [2.45, 2.75) is 6.54 Å². The molecule has 0 saturated carbocycles. The first-order chi connectivity index (χ1) is 13.2. The lowest BCUT2D eigenvalue weighted by molar-refractivity contribution is 0.171. The van der Waals surface area contributed by atoms with E-state index in [-0.39, 0.29) is 0 Å². The monoisotopic (exact) mass is 402 g/mol. The number of aromatic nitrogens is 2. The van der Waals surface area contributed by atoms with E-state index in [1.807, 2.05) is 30.3 Å². The zero-order valence-corrected chi connectivity index (χ0v) is 15.6. The molecule has 2 heterocycles. The van der Waals surface area contributed by atoms with Crippen molar-refractivity contribution in [3.63, 3.8) is 0 Å². The Labute approximate surface area is 165 Å². The van der Waals surface area contributed by atoms with Crippen molar-refractivity contribution in [2.24, 2.45) is 0 Å². The molecule has 0 radical (unpaired) electrons. The van der Waals surface area contributed by atoms with Crippen LogP contribution in [-0.2, 0) is 6.54 Å². The standard InChI is InChI=1S/C18H15ClN4O3S/c19-12-3-1-2-11(8-12)17-22-16(26-23-17)10-20-18(27)21-13-4-5-14-15(9-13)25-7-6-24-14/h1-5,8-9H,6-7,10H2,(H2,20,21,27). The van der Waals surface area contributed by atoms with Gasteiger partial charge in [-0.2, -0.15) is 4.98 Å². The summed E-state index contributed by atoms with van der Waals surface area (Å²) in [5.41, 5.74) is 1.58. The fraction of sp³-hybridized carbons (Fsp3) is 0.167. The minimum absolute atomic E-state index is 0.296. The number of nitrogens with one attached hydrogen (secondary N) is 2. The molecule has 0 spiro atoms. The van der Waals surface area contributed by atoms with E-state index in [9.17, 15) is 0 Å². The number of ether oxygens (including phenoxy) is 2. The molecule has 27 heavy (non-hydrogen) atoms. The number of nitrogens with zero attached hydrogens (tertiary/aromatic N) is 2. The average Bonchev–Trinajstić information content (AvgIpc) is 3.15. The highest BCUT2D eigenvalue weighted by molar-refractivity contribution is 7.80. The van der Waals surface area contributed by atoms with Gasteiger partial charge in [0.1, 0.15) is 13.2 Å². The van der Waals surface area contributed by atoms with Crippen LogP contribution in [0.4, 0.5) is 5.69 Å². The molecule has 0 amide bonds. The maximum atomic E-state index is 5.98. The van der Waals surface area contributed by atoms with Crippen molar-refractivity contribution in [1.29, 1.82) is 0 Å². The molecule has 1 aromatic heterocycles. The number of hydrogen-bond acceptors (Lipinski definition) is 6. The highest BCUT2D eigenvalue weighted by Gasteiger charge is 2.13. The van der Waals surface area contributed by atoms with Crippen LogP contribution in [0.25, 0.3) is 11.4 Å². The third-order valence-electron chi connectivity index (χ3n) is 3.75. The van der Waals surface area contributed by atoms with E-state index in [4.69, 9.17) is 37.8 Å². The molecule has 3 aromatic rings. The largest absolute Gasteiger partial charge is 0.486 e. The van der Waals surface area contributed by atoms with Crippen molar-refractivity contribution in [1.82, 2.24) is 15.5 Å². The van der Waals surface area contributed by atoms with Gasteiger partial charge in [-0.05, 0) is 36.5 Å². The summed E-state index contributed by atoms with van der Waals surface area (Å²) in [6.07, 6.45) is 0. The van der Waals surface area contributed by atoms with Gasteiger partial charge in [0.15, 0.2) is 16.6 Å². The number of thiocarbonyl (C=S) groups is 1. The summed E-state index contributed by atoms with van der Waals surface area (Å²) in [4.78, 5) is 4.34. The minimum atomic E-state index is 0.296. The van der Waals surface area contributed by atoms with E-state index in [0.29, 0.717) is 47.4 Å². The van der Waals surface area contributed by atoms with Gasteiger partial charge < -0.3 is 24.6 Å². The summed E-state index contributed by atoms with van der Waals surface area (Å²) in [5, 5.41) is 11.1. The highest BCUT2D eigenvalue weighted by Crippen LogP contribution is 2.32. The van der Waals surface area contributed by atoms with Crippen LogP contribution in [0.15, 0.2) is 47.0 Å². The summed E-state index contributed by atoms with van der Waals surface area (Å²) in [5.74, 6) is 2.30. The Hall–Kier alpha value is -2.84. The quantitative estimate of drug-likeness (QED) is 0.640. The molecule has 2 aromatic carbocycles. The second-order valence-corrected chi connectivity index (χ2v) is 6.53. The van der Waals surface area contributed by atoms with Crippen LogP contribution in [-0.4, -0.2) is 28.5 Å². The maximum Gasteiger partial charge on any atom is 0.246 e. The molecule has 0 bridgehead atoms. The van der Waals surface area contributed by atoms with Crippen LogP contribution in [0.5, 0.6) is 11.5 Å². The van der Waals surface area contributed by atoms with E-state index in [1.165, 1.54) is 0 Å². The molecular weight excluding hydrogens is 388 g/mol. The molecule has 0 saturated heterocycles. The lowest BCUT2D eigenvalue weighted by Gasteiger charge is -2.19. The van der Waals surface area contributed by atoms with Crippen LogP contribution in [0, 0.1) is 0 Å². The van der Waals surface area contributed by atoms with Crippen LogP contribution in [0.2, 0.25) is 5.02 Å². The minimum Gasteiger partial charge on any atom is -0.486 e. The second-order valence-electron chi connectivity index (χ2n) is 5.69. The molecule has 4 rings (SSSR count). The molecule has 2 N–H and O–H groups in total. The number of halogens is 1. The van der Waals surface area contributed by atoms with E-state index in [2.05, 4.69) is 20.8 Å². The van der Waals surface area contributed by atoms with Crippen LogP contribution in [0.1, 0.15) is 5.89 Å². The molecule has 1 aliphatic rings. The van der Waals surface area contributed by atoms with Gasteiger partial charge in [0, 0.05) is 22.3 Å². The van der Waals surface area contributed by atoms with Crippen LogP contribution in [0.3, 0.4) is 0 Å². The van der Waals surface area contributed by atoms with Crippen LogP contribution >= 0.6 is 23.8 Å². The van der Waals surface area contributed by atoms with Crippen LogP contribution < -0.4 is 20.1 Å². The summed E-state index contributed by atoms with van der Waals surface area (Å²) in [7, 11) is 0. The van der Waals surface area contributed by atoms with Crippen molar-refractivity contribution in [3.8, 4) is 22.9 Å². The highest BCUT2D eigenvalue weighted by atomic mass is 35.5. The molecule has 0 unspecified atom stereocenters. The molecule has 0 atom stereocenters. The van der Waals surface area contributed by atoms with Crippen molar-refractivity contribution in [2.75, 3.05) is 18.5 Å². The maximum absolute atomic E-state index is 5.98. The Morgan fingerprint density at radius 2 is 1.96 bits per heavy atom. The summed E-state index contributed by atoms with van der Waals surface area (Å²) in [6.45, 7) is 1.39. The summed E-state index contributed by atoms with van der Waals surface area (Å²) >= 11 is 11.3. The predicted octanol–water partition coefficient (Wildman–Crippen LogP) is 3.65. The lowest BCUT2D eigenvalue weighted by atomic mass is 10.2. The molecular formula is C18H15ClN4O3S. The molecule has 7 nitrogen and oxygen atoms in total. The molecule has 0 aliphatic carbocycles. The predicted molar refractivity (Wildman–Crippen MR) is 105 cm³/mol. The first-order valence-electron chi connectivity index (χ1n) is 8.20. The Kier molecular flexibility index (Phi) is 5.08. The zero-order chi connectivity index (χ0) is 18.6. The smallest absolute Gasteiger partial charge is 0.246 e. The van der Waals surface area contributed by atoms with Crippen molar-refractivity contribution < 1.29 is 14.0 Å². The Morgan fingerprint density at radius 1 is 1.11 bits per heavy atom. The lowest BCUT2D eigenvalue weighted by Crippen LogP contribution is -2.28. The third-order valence-corrected chi connectivity index (χ3v) is 4.23. The van der Waals surface area contributed by atoms with E-state index in [1.54, 1.807) is 12.1 Å². The van der Waals surface area contributed by atoms with Gasteiger partial charge in [0.2, 0.25) is 11.7 Å². The van der Waals surface area contributed by atoms with Gasteiger partial charge >= 0.3 is 0 Å². The number of hydrogen-bond donors (Lipinski definition) is 2. The van der Waals surface area contributed by atoms with E-state index < -0.39 is 0 Å². The third kappa shape index (κ3) is 4.29. The zero-order valence-electron chi connectivity index (χ0n) is 14.1. The van der Waals surface area contributed by atoms with Gasteiger partial charge in [-0.15, -0.1) is 0 Å². The summed E-state index contributed by atoms with van der Waals surface area (Å²) in [6, 6.07) is 12.8. The van der Waals surface area contributed by atoms with Crippen molar-refractivity contribution >= 4 is 34.6 Å². The first-order valence-corrected chi connectivity index (χ1v) is 8.99. The Balaban J connectivity index is 1.34. The molecule has 9 heteroatoms. The normalized spacial score (nSPS) is 12.5. The topological polar surface area (TPSA) is 81.4 Å². The van der Waals surface area contributed by atoms with Gasteiger partial charge in [-0.1, -0.05) is 28.9 Å². The Bertz CT molecular complexity index is 979. The van der Waals surface area contributed by atoms with Gasteiger partial charge in [-0.3, -0.25) is 0 Å². The van der Waals surface area contributed by atoms with Crippen molar-refractivity contribution in [3.05, 3.63) is 53.4 Å². The molecule has 1 aliphatic heterocycles. The van der Waals surface area contributed by atoms with E-state index >= 15 is 0 Å². The van der Waals surface area contributed by atoms with Gasteiger partial charge in [0.25, 0.3) is 0 Å². The number of benzene rings is 2. The Morgan fingerprint density at radius 3 is 2.81 bits per heavy atom. The SMILES string of the molecule is S=C(NCc1nc(-c2cccc(Cl)c2)no1)Nc1ccc2c(c1)OCCO2. The fourth-order valence-electron chi connectivity index (χ4n) is 2.52. The van der Waals surface area contributed by atoms with E-state index in [0.717, 1.165) is 17.0 Å². The fourth-order valence-corrected chi connectivity index (χ4v) is 2.90. The van der Waals surface area contributed by atoms with Gasteiger partial charge in [-0.25, -0.2) is 0 Å². The second kappa shape index (κ2) is 7.81. The number of fused-ring (bicyclic) bond motifs is 1.